The zero-order valence-corrected chi connectivity index (χ0v) is 14.9. The molecule has 1 aliphatic heterocycles. The number of hydrogen-bond acceptors (Lipinski definition) is 4. The second-order valence-electron chi connectivity index (χ2n) is 7.17. The molecule has 4 rings (SSSR count). The van der Waals surface area contributed by atoms with Crippen molar-refractivity contribution in [1.82, 2.24) is 14.8 Å². The highest BCUT2D eigenvalue weighted by Crippen LogP contribution is 2.31. The number of para-hydroxylation sites is 1. The average Bonchev–Trinajstić information content (AvgIpc) is 2.96. The first-order chi connectivity index (χ1) is 12.6. The molecule has 1 saturated heterocycles. The van der Waals surface area contributed by atoms with E-state index in [1.54, 1.807) is 0 Å². The van der Waals surface area contributed by atoms with E-state index >= 15 is 0 Å². The van der Waals surface area contributed by atoms with Crippen LogP contribution in [0.4, 0.5) is 0 Å². The lowest BCUT2D eigenvalue weighted by molar-refractivity contribution is -0.119. The van der Waals surface area contributed by atoms with Crippen molar-refractivity contribution in [2.75, 3.05) is 32.7 Å². The van der Waals surface area contributed by atoms with Gasteiger partial charge in [0.15, 0.2) is 0 Å². The van der Waals surface area contributed by atoms with E-state index in [4.69, 9.17) is 10.7 Å². The summed E-state index contributed by atoms with van der Waals surface area (Å²) < 4.78 is 0. The third-order valence-electron chi connectivity index (χ3n) is 5.39. The summed E-state index contributed by atoms with van der Waals surface area (Å²) >= 11 is 0. The van der Waals surface area contributed by atoms with Crippen molar-refractivity contribution >= 4 is 22.7 Å². The molecule has 26 heavy (non-hydrogen) atoms. The van der Waals surface area contributed by atoms with Gasteiger partial charge in [-0.1, -0.05) is 18.2 Å². The first kappa shape index (κ1) is 17.0. The summed E-state index contributed by atoms with van der Waals surface area (Å²) in [5, 5.41) is 0.955. The van der Waals surface area contributed by atoms with Gasteiger partial charge in [-0.3, -0.25) is 19.5 Å². The van der Waals surface area contributed by atoms with Gasteiger partial charge in [-0.15, -0.1) is 0 Å². The van der Waals surface area contributed by atoms with Crippen LogP contribution in [0.1, 0.15) is 34.5 Å². The largest absolute Gasteiger partial charge is 0.369 e. The van der Waals surface area contributed by atoms with Crippen LogP contribution in [0.2, 0.25) is 0 Å². The second-order valence-corrected chi connectivity index (χ2v) is 7.17. The maximum absolute atomic E-state index is 13.4. The van der Waals surface area contributed by atoms with Gasteiger partial charge < -0.3 is 10.6 Å². The van der Waals surface area contributed by atoms with Crippen molar-refractivity contribution in [1.29, 1.82) is 0 Å². The van der Waals surface area contributed by atoms with Crippen LogP contribution in [0.3, 0.4) is 0 Å². The summed E-state index contributed by atoms with van der Waals surface area (Å²) in [7, 11) is 0. The lowest BCUT2D eigenvalue weighted by atomic mass is 10.00. The molecule has 0 atom stereocenters. The molecule has 1 aromatic carbocycles. The number of aryl methyl sites for hydroxylation is 1. The summed E-state index contributed by atoms with van der Waals surface area (Å²) in [4.78, 5) is 33.4. The molecule has 0 bridgehead atoms. The number of amides is 2. The quantitative estimate of drug-likeness (QED) is 0.904. The van der Waals surface area contributed by atoms with Crippen molar-refractivity contribution in [2.45, 2.75) is 25.7 Å². The predicted molar refractivity (Wildman–Crippen MR) is 99.9 cm³/mol. The van der Waals surface area contributed by atoms with Gasteiger partial charge in [0.25, 0.3) is 5.91 Å². The van der Waals surface area contributed by atoms with E-state index in [2.05, 4.69) is 0 Å². The third kappa shape index (κ3) is 3.17. The molecule has 1 fully saturated rings. The number of carbonyl (C=O) groups excluding carboxylic acids is 2. The Bertz CT molecular complexity index is 864. The van der Waals surface area contributed by atoms with E-state index in [0.717, 1.165) is 60.0 Å². The SMILES string of the molecule is NC(=O)CN1CCCN(C(=O)c2c3c(nc4ccccc24)CCC3)CC1. The Morgan fingerprint density at radius 3 is 2.73 bits per heavy atom. The summed E-state index contributed by atoms with van der Waals surface area (Å²) in [6.45, 7) is 3.06. The van der Waals surface area contributed by atoms with Gasteiger partial charge in [0, 0.05) is 37.3 Å². The Balaban J connectivity index is 1.65. The molecular weight excluding hydrogens is 328 g/mol. The van der Waals surface area contributed by atoms with Gasteiger partial charge in [-0.05, 0) is 37.3 Å². The molecular formula is C20H24N4O2. The minimum Gasteiger partial charge on any atom is -0.369 e. The molecule has 2 heterocycles. The van der Waals surface area contributed by atoms with Crippen molar-refractivity contribution in [2.24, 2.45) is 5.73 Å². The van der Waals surface area contributed by atoms with Crippen LogP contribution in [-0.2, 0) is 17.6 Å². The zero-order chi connectivity index (χ0) is 18.1. The van der Waals surface area contributed by atoms with Crippen LogP contribution in [0.5, 0.6) is 0 Å². The first-order valence-corrected chi connectivity index (χ1v) is 9.34. The molecule has 6 nitrogen and oxygen atoms in total. The maximum atomic E-state index is 13.4. The van der Waals surface area contributed by atoms with Gasteiger partial charge in [0.2, 0.25) is 5.91 Å². The summed E-state index contributed by atoms with van der Waals surface area (Å²) in [5.74, 6) is -0.217. The molecule has 1 aliphatic carbocycles. The topological polar surface area (TPSA) is 79.5 Å². The molecule has 2 aliphatic rings. The van der Waals surface area contributed by atoms with Crippen LogP contribution >= 0.6 is 0 Å². The van der Waals surface area contributed by atoms with Crippen molar-refractivity contribution in [3.05, 3.63) is 41.1 Å². The monoisotopic (exact) mass is 352 g/mol. The Morgan fingerprint density at radius 2 is 1.88 bits per heavy atom. The fraction of sp³-hybridized carbons (Fsp3) is 0.450. The number of aromatic nitrogens is 1. The van der Waals surface area contributed by atoms with E-state index in [-0.39, 0.29) is 18.4 Å². The Kier molecular flexibility index (Phi) is 4.59. The molecule has 1 aromatic heterocycles. The van der Waals surface area contributed by atoms with Gasteiger partial charge >= 0.3 is 0 Å². The van der Waals surface area contributed by atoms with Crippen LogP contribution in [0, 0.1) is 0 Å². The van der Waals surface area contributed by atoms with Crippen LogP contribution in [0.25, 0.3) is 10.9 Å². The minimum absolute atomic E-state index is 0.0997. The summed E-state index contributed by atoms with van der Waals surface area (Å²) in [5.41, 5.74) is 9.27. The lowest BCUT2D eigenvalue weighted by Gasteiger charge is -2.23. The molecule has 0 radical (unpaired) electrons. The van der Waals surface area contributed by atoms with Crippen molar-refractivity contribution in [3.8, 4) is 0 Å². The number of primary amides is 1. The van der Waals surface area contributed by atoms with Gasteiger partial charge in [0.1, 0.15) is 0 Å². The van der Waals surface area contributed by atoms with E-state index in [9.17, 15) is 9.59 Å². The van der Waals surface area contributed by atoms with E-state index in [1.807, 2.05) is 34.1 Å². The van der Waals surface area contributed by atoms with Crippen LogP contribution in [-0.4, -0.2) is 59.3 Å². The number of nitrogens with zero attached hydrogens (tertiary/aromatic N) is 3. The van der Waals surface area contributed by atoms with Crippen molar-refractivity contribution < 1.29 is 9.59 Å². The standard InChI is InChI=1S/C20H24N4O2/c21-18(25)13-23-9-4-10-24(12-11-23)20(26)19-14-5-1-2-7-16(14)22-17-8-3-6-15(17)19/h1-2,5,7H,3-4,6,8-13H2,(H2,21,25). The lowest BCUT2D eigenvalue weighted by Crippen LogP contribution is -2.38. The number of nitrogens with two attached hydrogens (primary N) is 1. The molecule has 136 valence electrons. The Morgan fingerprint density at radius 1 is 1.04 bits per heavy atom. The number of benzene rings is 1. The third-order valence-corrected chi connectivity index (χ3v) is 5.39. The van der Waals surface area contributed by atoms with Crippen molar-refractivity contribution in [3.63, 3.8) is 0 Å². The minimum atomic E-state index is -0.317. The number of pyridine rings is 1. The first-order valence-electron chi connectivity index (χ1n) is 9.34. The fourth-order valence-electron chi connectivity index (χ4n) is 4.17. The predicted octanol–water partition coefficient (Wildman–Crippen LogP) is 1.36. The normalized spacial score (nSPS) is 17.9. The number of carbonyl (C=O) groups is 2. The molecule has 0 unspecified atom stereocenters. The van der Waals surface area contributed by atoms with Gasteiger partial charge in [0.05, 0.1) is 17.6 Å². The molecule has 2 N–H and O–H groups in total. The molecule has 2 aromatic rings. The van der Waals surface area contributed by atoms with Crippen LogP contribution in [0.15, 0.2) is 24.3 Å². The zero-order valence-electron chi connectivity index (χ0n) is 14.9. The molecule has 0 spiro atoms. The van der Waals surface area contributed by atoms with E-state index < -0.39 is 0 Å². The maximum Gasteiger partial charge on any atom is 0.254 e. The summed E-state index contributed by atoms with van der Waals surface area (Å²) in [6.07, 6.45) is 3.79. The number of fused-ring (bicyclic) bond motifs is 2. The number of rotatable bonds is 3. The highest BCUT2D eigenvalue weighted by atomic mass is 16.2. The Labute approximate surface area is 153 Å². The smallest absolute Gasteiger partial charge is 0.254 e. The van der Waals surface area contributed by atoms with E-state index in [1.165, 1.54) is 0 Å². The summed E-state index contributed by atoms with van der Waals surface area (Å²) in [6, 6.07) is 7.94. The fourth-order valence-corrected chi connectivity index (χ4v) is 4.17. The van der Waals surface area contributed by atoms with Gasteiger partial charge in [-0.25, -0.2) is 0 Å². The second kappa shape index (κ2) is 7.03. The highest BCUT2D eigenvalue weighted by molar-refractivity contribution is 6.07. The molecule has 6 heteroatoms. The van der Waals surface area contributed by atoms with Crippen LogP contribution < -0.4 is 5.73 Å². The number of hydrogen-bond donors (Lipinski definition) is 1. The van der Waals surface area contributed by atoms with Gasteiger partial charge in [-0.2, -0.15) is 0 Å². The Hall–Kier alpha value is -2.47. The van der Waals surface area contributed by atoms with E-state index in [0.29, 0.717) is 19.6 Å². The highest BCUT2D eigenvalue weighted by Gasteiger charge is 2.28. The molecule has 2 amide bonds. The molecule has 0 saturated carbocycles. The average molecular weight is 352 g/mol.